The third-order valence-electron chi connectivity index (χ3n) is 3.12. The molecule has 1 heterocycles. The zero-order chi connectivity index (χ0) is 13.9. The van der Waals surface area contributed by atoms with Crippen LogP contribution in [0.5, 0.6) is 5.75 Å². The molecule has 3 heteroatoms. The van der Waals surface area contributed by atoms with Crippen LogP contribution in [-0.2, 0) is 6.54 Å². The van der Waals surface area contributed by atoms with Crippen molar-refractivity contribution in [1.29, 1.82) is 0 Å². The molecule has 1 N–H and O–H groups in total. The highest BCUT2D eigenvalue weighted by Crippen LogP contribution is 2.17. The molecule has 0 amide bonds. The molecule has 19 heavy (non-hydrogen) atoms. The number of nitrogens with zero attached hydrogens (tertiary/aromatic N) is 1. The van der Waals surface area contributed by atoms with E-state index in [1.165, 1.54) is 25.7 Å². The summed E-state index contributed by atoms with van der Waals surface area (Å²) in [7, 11) is 0. The molecule has 0 aliphatic heterocycles. The lowest BCUT2D eigenvalue weighted by Crippen LogP contribution is -2.14. The van der Waals surface area contributed by atoms with Crippen LogP contribution in [0.1, 0.15) is 57.3 Å². The van der Waals surface area contributed by atoms with E-state index in [-0.39, 0.29) is 0 Å². The topological polar surface area (TPSA) is 34.1 Å². The SMILES string of the molecule is CCCCCCCOc1ccc(C)nc1CNCC. The first kappa shape index (κ1) is 16.0. The van der Waals surface area contributed by atoms with Crippen molar-refractivity contribution in [2.75, 3.05) is 13.2 Å². The van der Waals surface area contributed by atoms with Crippen LogP contribution in [-0.4, -0.2) is 18.1 Å². The molecule has 0 aliphatic carbocycles. The van der Waals surface area contributed by atoms with Gasteiger partial charge in [-0.25, -0.2) is 0 Å². The van der Waals surface area contributed by atoms with E-state index in [0.717, 1.165) is 43.3 Å². The molecule has 0 atom stereocenters. The molecule has 0 saturated carbocycles. The molecule has 0 radical (unpaired) electrons. The first-order valence-corrected chi connectivity index (χ1v) is 7.58. The minimum atomic E-state index is 0.781. The number of aromatic nitrogens is 1. The normalized spacial score (nSPS) is 10.7. The molecule has 3 nitrogen and oxygen atoms in total. The number of aryl methyl sites for hydroxylation is 1. The molecule has 0 aliphatic rings. The zero-order valence-corrected chi connectivity index (χ0v) is 12.7. The summed E-state index contributed by atoms with van der Waals surface area (Å²) in [6, 6.07) is 4.06. The van der Waals surface area contributed by atoms with E-state index >= 15 is 0 Å². The van der Waals surface area contributed by atoms with E-state index in [0.29, 0.717) is 0 Å². The summed E-state index contributed by atoms with van der Waals surface area (Å²) in [6.07, 6.45) is 6.33. The molecule has 1 aromatic heterocycles. The third kappa shape index (κ3) is 6.58. The summed E-state index contributed by atoms with van der Waals surface area (Å²) in [4.78, 5) is 4.55. The second-order valence-corrected chi connectivity index (χ2v) is 4.94. The summed E-state index contributed by atoms with van der Waals surface area (Å²) in [5, 5.41) is 3.31. The van der Waals surface area contributed by atoms with Crippen molar-refractivity contribution in [3.05, 3.63) is 23.5 Å². The summed E-state index contributed by atoms with van der Waals surface area (Å²) in [5.41, 5.74) is 2.07. The zero-order valence-electron chi connectivity index (χ0n) is 12.7. The van der Waals surface area contributed by atoms with Gasteiger partial charge in [-0.15, -0.1) is 0 Å². The third-order valence-corrected chi connectivity index (χ3v) is 3.12. The fraction of sp³-hybridized carbons (Fsp3) is 0.688. The van der Waals surface area contributed by atoms with Crippen LogP contribution in [0.4, 0.5) is 0 Å². The van der Waals surface area contributed by atoms with E-state index in [1.807, 2.05) is 19.1 Å². The van der Waals surface area contributed by atoms with Gasteiger partial charge < -0.3 is 10.1 Å². The quantitative estimate of drug-likeness (QED) is 0.652. The lowest BCUT2D eigenvalue weighted by atomic mass is 10.2. The van der Waals surface area contributed by atoms with Crippen LogP contribution in [0.3, 0.4) is 0 Å². The Labute approximate surface area is 117 Å². The molecule has 0 spiro atoms. The standard InChI is InChI=1S/C16H28N2O/c1-4-6-7-8-9-12-19-16-11-10-14(3)18-15(16)13-17-5-2/h10-11,17H,4-9,12-13H2,1-3H3. The Morgan fingerprint density at radius 3 is 2.63 bits per heavy atom. The van der Waals surface area contributed by atoms with Gasteiger partial charge >= 0.3 is 0 Å². The highest BCUT2D eigenvalue weighted by atomic mass is 16.5. The molecule has 1 rings (SSSR count). The van der Waals surface area contributed by atoms with Crippen LogP contribution in [0.25, 0.3) is 0 Å². The number of nitrogens with one attached hydrogen (secondary N) is 1. The van der Waals surface area contributed by atoms with Gasteiger partial charge in [0.2, 0.25) is 0 Å². The van der Waals surface area contributed by atoms with Crippen molar-refractivity contribution < 1.29 is 4.74 Å². The molecule has 0 aromatic carbocycles. The maximum absolute atomic E-state index is 5.87. The van der Waals surface area contributed by atoms with Crippen molar-refractivity contribution in [2.45, 2.75) is 59.4 Å². The monoisotopic (exact) mass is 264 g/mol. The van der Waals surface area contributed by atoms with Gasteiger partial charge in [-0.1, -0.05) is 39.5 Å². The van der Waals surface area contributed by atoms with Gasteiger partial charge in [0, 0.05) is 12.2 Å². The van der Waals surface area contributed by atoms with Crippen LogP contribution >= 0.6 is 0 Å². The summed E-state index contributed by atoms with van der Waals surface area (Å²) < 4.78 is 5.87. The van der Waals surface area contributed by atoms with Gasteiger partial charge in [-0.05, 0) is 32.0 Å². The van der Waals surface area contributed by atoms with Crippen LogP contribution in [0, 0.1) is 6.92 Å². The van der Waals surface area contributed by atoms with Crippen molar-refractivity contribution in [2.24, 2.45) is 0 Å². The molecular formula is C16H28N2O. The first-order valence-electron chi connectivity index (χ1n) is 7.58. The van der Waals surface area contributed by atoms with Crippen LogP contribution < -0.4 is 10.1 Å². The van der Waals surface area contributed by atoms with E-state index in [4.69, 9.17) is 4.74 Å². The van der Waals surface area contributed by atoms with Gasteiger partial charge in [0.1, 0.15) is 5.75 Å². The summed E-state index contributed by atoms with van der Waals surface area (Å²) in [6.45, 7) is 8.89. The minimum Gasteiger partial charge on any atom is -0.492 e. The van der Waals surface area contributed by atoms with Crippen LogP contribution in [0.2, 0.25) is 0 Å². The average molecular weight is 264 g/mol. The largest absolute Gasteiger partial charge is 0.492 e. The predicted octanol–water partition coefficient (Wildman–Crippen LogP) is 3.85. The highest BCUT2D eigenvalue weighted by Gasteiger charge is 2.05. The van der Waals surface area contributed by atoms with E-state index in [9.17, 15) is 0 Å². The van der Waals surface area contributed by atoms with Gasteiger partial charge in [-0.2, -0.15) is 0 Å². The summed E-state index contributed by atoms with van der Waals surface area (Å²) in [5.74, 6) is 0.932. The maximum Gasteiger partial charge on any atom is 0.142 e. The lowest BCUT2D eigenvalue weighted by molar-refractivity contribution is 0.299. The number of ether oxygens (including phenoxy) is 1. The minimum absolute atomic E-state index is 0.781. The number of unbranched alkanes of at least 4 members (excludes halogenated alkanes) is 4. The Hall–Kier alpha value is -1.09. The van der Waals surface area contributed by atoms with Crippen molar-refractivity contribution >= 4 is 0 Å². The Bertz CT molecular complexity index is 353. The Morgan fingerprint density at radius 2 is 1.89 bits per heavy atom. The summed E-state index contributed by atoms with van der Waals surface area (Å²) >= 11 is 0. The molecule has 108 valence electrons. The lowest BCUT2D eigenvalue weighted by Gasteiger charge is -2.11. The molecule has 0 fully saturated rings. The number of hydrogen-bond acceptors (Lipinski definition) is 3. The van der Waals surface area contributed by atoms with E-state index in [1.54, 1.807) is 0 Å². The maximum atomic E-state index is 5.87. The number of rotatable bonds is 10. The van der Waals surface area contributed by atoms with Gasteiger partial charge in [0.15, 0.2) is 0 Å². The average Bonchev–Trinajstić information content (AvgIpc) is 2.42. The fourth-order valence-corrected chi connectivity index (χ4v) is 1.99. The second-order valence-electron chi connectivity index (χ2n) is 4.94. The molecule has 1 aromatic rings. The number of hydrogen-bond donors (Lipinski definition) is 1. The predicted molar refractivity (Wildman–Crippen MR) is 80.6 cm³/mol. The Balaban J connectivity index is 2.38. The van der Waals surface area contributed by atoms with Crippen LogP contribution in [0.15, 0.2) is 12.1 Å². The molecule has 0 unspecified atom stereocenters. The van der Waals surface area contributed by atoms with Gasteiger partial charge in [0.25, 0.3) is 0 Å². The Morgan fingerprint density at radius 1 is 1.11 bits per heavy atom. The number of pyridine rings is 1. The van der Waals surface area contributed by atoms with Crippen molar-refractivity contribution in [3.8, 4) is 5.75 Å². The second kappa shape index (κ2) is 9.79. The smallest absolute Gasteiger partial charge is 0.142 e. The van der Waals surface area contributed by atoms with E-state index < -0.39 is 0 Å². The van der Waals surface area contributed by atoms with Gasteiger partial charge in [0.05, 0.1) is 12.3 Å². The first-order chi connectivity index (χ1) is 9.27. The highest BCUT2D eigenvalue weighted by molar-refractivity contribution is 5.29. The van der Waals surface area contributed by atoms with Crippen molar-refractivity contribution in [3.63, 3.8) is 0 Å². The van der Waals surface area contributed by atoms with Gasteiger partial charge in [-0.3, -0.25) is 4.98 Å². The molecule has 0 bridgehead atoms. The fourth-order valence-electron chi connectivity index (χ4n) is 1.99. The van der Waals surface area contributed by atoms with Crippen molar-refractivity contribution in [1.82, 2.24) is 10.3 Å². The molecular weight excluding hydrogens is 236 g/mol. The Kier molecular flexibility index (Phi) is 8.23. The molecule has 0 saturated heterocycles. The van der Waals surface area contributed by atoms with E-state index in [2.05, 4.69) is 24.1 Å².